The monoisotopic (exact) mass is 225 g/mol. The highest BCUT2D eigenvalue weighted by molar-refractivity contribution is 5.11. The lowest BCUT2D eigenvalue weighted by atomic mass is 10.2. The van der Waals surface area contributed by atoms with Crippen LogP contribution >= 0.6 is 0 Å². The number of aliphatic hydroxyl groups is 1. The van der Waals surface area contributed by atoms with Gasteiger partial charge in [-0.2, -0.15) is 0 Å². The molecule has 1 aromatic rings. The molecule has 5 nitrogen and oxygen atoms in total. The van der Waals surface area contributed by atoms with Gasteiger partial charge in [-0.25, -0.2) is 4.68 Å². The molecule has 1 aliphatic carbocycles. The number of hydrogen-bond acceptors (Lipinski definition) is 4. The summed E-state index contributed by atoms with van der Waals surface area (Å²) in [7, 11) is 1.68. The summed E-state index contributed by atoms with van der Waals surface area (Å²) < 4.78 is 7.04. The fourth-order valence-corrected chi connectivity index (χ4v) is 2.03. The van der Waals surface area contributed by atoms with E-state index in [1.807, 2.05) is 4.68 Å². The molecular formula is C11H19N3O2. The molecule has 1 aromatic heterocycles. The summed E-state index contributed by atoms with van der Waals surface area (Å²) in [4.78, 5) is 0. The third-order valence-electron chi connectivity index (χ3n) is 3.25. The van der Waals surface area contributed by atoms with Crippen LogP contribution in [0.5, 0.6) is 0 Å². The maximum absolute atomic E-state index is 9.21. The maximum atomic E-state index is 9.21. The van der Waals surface area contributed by atoms with Crippen LogP contribution in [0, 0.1) is 5.92 Å². The van der Waals surface area contributed by atoms with E-state index in [1.165, 1.54) is 12.8 Å². The van der Waals surface area contributed by atoms with E-state index in [2.05, 4.69) is 17.2 Å². The molecule has 0 aliphatic heterocycles. The van der Waals surface area contributed by atoms with Crippen LogP contribution in [0.1, 0.15) is 37.2 Å². The second-order valence-electron chi connectivity index (χ2n) is 4.41. The molecule has 16 heavy (non-hydrogen) atoms. The first-order chi connectivity index (χ1) is 7.77. The van der Waals surface area contributed by atoms with Crippen molar-refractivity contribution in [3.05, 3.63) is 11.4 Å². The summed E-state index contributed by atoms with van der Waals surface area (Å²) in [6.07, 6.45) is 3.31. The average molecular weight is 225 g/mol. The van der Waals surface area contributed by atoms with Crippen LogP contribution < -0.4 is 0 Å². The topological polar surface area (TPSA) is 60.2 Å². The highest BCUT2D eigenvalue weighted by atomic mass is 16.5. The molecule has 0 saturated heterocycles. The van der Waals surface area contributed by atoms with Crippen molar-refractivity contribution in [3.63, 3.8) is 0 Å². The molecule has 1 saturated carbocycles. The number of aromatic nitrogens is 3. The Balaban J connectivity index is 2.18. The average Bonchev–Trinajstić information content (AvgIpc) is 3.06. The largest absolute Gasteiger partial charge is 0.390 e. The molecule has 2 rings (SSSR count). The molecule has 1 N–H and O–H groups in total. The maximum Gasteiger partial charge on any atom is 0.111 e. The van der Waals surface area contributed by atoms with E-state index in [-0.39, 0.29) is 6.61 Å². The summed E-state index contributed by atoms with van der Waals surface area (Å²) in [6.45, 7) is 2.76. The predicted octanol–water partition coefficient (Wildman–Crippen LogP) is 0.930. The molecular weight excluding hydrogens is 206 g/mol. The Kier molecular flexibility index (Phi) is 3.56. The minimum Gasteiger partial charge on any atom is -0.390 e. The van der Waals surface area contributed by atoms with Crippen molar-refractivity contribution in [2.75, 3.05) is 13.7 Å². The number of hydrogen-bond donors (Lipinski definition) is 1. The predicted molar refractivity (Wildman–Crippen MR) is 59.0 cm³/mol. The van der Waals surface area contributed by atoms with Crippen molar-refractivity contribution in [1.82, 2.24) is 15.0 Å². The van der Waals surface area contributed by atoms with Crippen LogP contribution in [0.3, 0.4) is 0 Å². The van der Waals surface area contributed by atoms with E-state index in [0.29, 0.717) is 18.3 Å². The van der Waals surface area contributed by atoms with Crippen LogP contribution in [-0.2, 0) is 17.8 Å². The summed E-state index contributed by atoms with van der Waals surface area (Å²) in [5.74, 6) is 0.731. The molecule has 0 spiro atoms. The zero-order chi connectivity index (χ0) is 11.5. The molecule has 1 atom stereocenters. The zero-order valence-electron chi connectivity index (χ0n) is 9.89. The normalized spacial score (nSPS) is 17.7. The fraction of sp³-hybridized carbons (Fsp3) is 0.818. The molecule has 1 fully saturated rings. The van der Waals surface area contributed by atoms with Gasteiger partial charge in [-0.3, -0.25) is 0 Å². The first-order valence-corrected chi connectivity index (χ1v) is 5.80. The van der Waals surface area contributed by atoms with Crippen LogP contribution in [0.4, 0.5) is 0 Å². The number of rotatable bonds is 6. The molecule has 0 amide bonds. The van der Waals surface area contributed by atoms with Crippen LogP contribution in [-0.4, -0.2) is 33.8 Å². The van der Waals surface area contributed by atoms with Crippen LogP contribution in [0.25, 0.3) is 0 Å². The van der Waals surface area contributed by atoms with Gasteiger partial charge >= 0.3 is 0 Å². The van der Waals surface area contributed by atoms with E-state index in [9.17, 15) is 5.11 Å². The van der Waals surface area contributed by atoms with Crippen molar-refractivity contribution in [2.24, 2.45) is 5.92 Å². The van der Waals surface area contributed by atoms with Crippen LogP contribution in [0.15, 0.2) is 0 Å². The Hall–Kier alpha value is -0.940. The van der Waals surface area contributed by atoms with Gasteiger partial charge < -0.3 is 9.84 Å². The lowest BCUT2D eigenvalue weighted by Gasteiger charge is -2.14. The van der Waals surface area contributed by atoms with Gasteiger partial charge in [-0.15, -0.1) is 5.10 Å². The smallest absolute Gasteiger partial charge is 0.111 e. The number of aliphatic hydroxyl groups excluding tert-OH is 1. The van der Waals surface area contributed by atoms with E-state index in [4.69, 9.17) is 4.74 Å². The van der Waals surface area contributed by atoms with Crippen molar-refractivity contribution < 1.29 is 9.84 Å². The quantitative estimate of drug-likeness (QED) is 0.782. The highest BCUT2D eigenvalue weighted by Gasteiger charge is 2.31. The summed E-state index contributed by atoms with van der Waals surface area (Å²) in [5, 5.41) is 17.4. The van der Waals surface area contributed by atoms with Gasteiger partial charge in [-0.1, -0.05) is 5.21 Å². The van der Waals surface area contributed by atoms with E-state index in [0.717, 1.165) is 18.0 Å². The number of ether oxygens (including phenoxy) is 1. The number of nitrogens with zero attached hydrogens (tertiary/aromatic N) is 3. The van der Waals surface area contributed by atoms with Gasteiger partial charge in [0.1, 0.15) is 5.69 Å². The van der Waals surface area contributed by atoms with Crippen molar-refractivity contribution in [1.29, 1.82) is 0 Å². The van der Waals surface area contributed by atoms with Gasteiger partial charge in [0.05, 0.1) is 24.9 Å². The lowest BCUT2D eigenvalue weighted by molar-refractivity contribution is 0.198. The molecule has 0 bridgehead atoms. The van der Waals surface area contributed by atoms with Crippen LogP contribution in [0.2, 0.25) is 0 Å². The van der Waals surface area contributed by atoms with E-state index >= 15 is 0 Å². The minimum absolute atomic E-state index is 0.0452. The molecule has 90 valence electrons. The van der Waals surface area contributed by atoms with E-state index < -0.39 is 0 Å². The summed E-state index contributed by atoms with van der Waals surface area (Å²) >= 11 is 0. The Morgan fingerprint density at radius 3 is 2.88 bits per heavy atom. The Bertz CT molecular complexity index is 347. The third kappa shape index (κ3) is 2.25. The number of methoxy groups -OCH3 is 1. The zero-order valence-corrected chi connectivity index (χ0v) is 9.89. The van der Waals surface area contributed by atoms with Gasteiger partial charge in [0, 0.05) is 13.5 Å². The van der Waals surface area contributed by atoms with Gasteiger partial charge in [0.15, 0.2) is 0 Å². The third-order valence-corrected chi connectivity index (χ3v) is 3.25. The minimum atomic E-state index is -0.0452. The molecule has 1 aliphatic rings. The summed E-state index contributed by atoms with van der Waals surface area (Å²) in [5.41, 5.74) is 1.70. The first kappa shape index (κ1) is 11.5. The molecule has 1 heterocycles. The molecule has 0 aromatic carbocycles. The highest BCUT2D eigenvalue weighted by Crippen LogP contribution is 2.39. The van der Waals surface area contributed by atoms with Gasteiger partial charge in [0.25, 0.3) is 0 Å². The molecule has 5 heteroatoms. The Morgan fingerprint density at radius 1 is 1.56 bits per heavy atom. The van der Waals surface area contributed by atoms with Gasteiger partial charge in [-0.05, 0) is 25.7 Å². The second-order valence-corrected chi connectivity index (χ2v) is 4.41. The second kappa shape index (κ2) is 4.93. The Labute approximate surface area is 95.4 Å². The molecule has 1 unspecified atom stereocenters. The van der Waals surface area contributed by atoms with E-state index in [1.54, 1.807) is 7.11 Å². The lowest BCUT2D eigenvalue weighted by Crippen LogP contribution is -2.14. The SMILES string of the molecule is COCCc1c(CO)nnn1C(C)C1CC1. The van der Waals surface area contributed by atoms with Gasteiger partial charge in [0.2, 0.25) is 0 Å². The standard InChI is InChI=1S/C11H19N3O2/c1-8(9-3-4-9)14-11(5-6-16-2)10(7-15)12-13-14/h8-9,15H,3-7H2,1-2H3. The van der Waals surface area contributed by atoms with Crippen molar-refractivity contribution in [2.45, 2.75) is 38.8 Å². The fourth-order valence-electron chi connectivity index (χ4n) is 2.03. The Morgan fingerprint density at radius 2 is 2.31 bits per heavy atom. The summed E-state index contributed by atoms with van der Waals surface area (Å²) in [6, 6.07) is 0.389. The molecule has 0 radical (unpaired) electrons. The van der Waals surface area contributed by atoms with Crippen molar-refractivity contribution in [3.8, 4) is 0 Å². The van der Waals surface area contributed by atoms with Crippen molar-refractivity contribution >= 4 is 0 Å². The first-order valence-electron chi connectivity index (χ1n) is 5.80.